The number of benzene rings is 3. The summed E-state index contributed by atoms with van der Waals surface area (Å²) < 4.78 is 0. The number of anilines is 4. The van der Waals surface area contributed by atoms with Gasteiger partial charge in [0.05, 0.1) is 41.2 Å². The number of allylic oxidation sites excluding steroid dienone is 2. The summed E-state index contributed by atoms with van der Waals surface area (Å²) in [6, 6.07) is 24.8. The number of para-hydroxylation sites is 1. The molecule has 178 valence electrons. The molecule has 5 nitrogen and oxygen atoms in total. The van der Waals surface area contributed by atoms with Gasteiger partial charge < -0.3 is 15.5 Å². The number of fused-ring (bicyclic) bond motifs is 3. The van der Waals surface area contributed by atoms with Crippen LogP contribution in [-0.2, 0) is 5.41 Å². The number of pyridine rings is 1. The summed E-state index contributed by atoms with van der Waals surface area (Å²) in [7, 11) is 2.08. The normalized spacial score (nSPS) is 13.6. The van der Waals surface area contributed by atoms with Crippen molar-refractivity contribution in [2.45, 2.75) is 19.3 Å². The molecule has 0 saturated heterocycles. The van der Waals surface area contributed by atoms with Gasteiger partial charge in [-0.2, -0.15) is 5.26 Å². The third kappa shape index (κ3) is 3.97. The Balaban J connectivity index is 1.62. The molecule has 36 heavy (non-hydrogen) atoms. The smallest absolute Gasteiger partial charge is 0.0950 e. The molecule has 5 rings (SSSR count). The lowest BCUT2D eigenvalue weighted by Crippen LogP contribution is -2.24. The zero-order valence-corrected chi connectivity index (χ0v) is 20.9. The molecule has 3 aromatic carbocycles. The zero-order chi connectivity index (χ0) is 25.4. The van der Waals surface area contributed by atoms with E-state index in [2.05, 4.69) is 65.9 Å². The molecule has 0 radical (unpaired) electrons. The minimum absolute atomic E-state index is 0.528. The molecule has 5 heteroatoms. The third-order valence-electron chi connectivity index (χ3n) is 6.90. The van der Waals surface area contributed by atoms with Gasteiger partial charge in [-0.1, -0.05) is 49.1 Å². The van der Waals surface area contributed by atoms with Crippen LogP contribution < -0.4 is 15.5 Å². The lowest BCUT2D eigenvalue weighted by molar-refractivity contribution is 0.687. The lowest BCUT2D eigenvalue weighted by atomic mass is 9.86. The van der Waals surface area contributed by atoms with Gasteiger partial charge in [0.1, 0.15) is 0 Å². The molecular formula is C31H29N5. The highest BCUT2D eigenvalue weighted by molar-refractivity contribution is 6.04. The molecule has 0 unspecified atom stereocenters. The average molecular weight is 472 g/mol. The van der Waals surface area contributed by atoms with Crippen molar-refractivity contribution < 1.29 is 0 Å². The van der Waals surface area contributed by atoms with E-state index >= 15 is 0 Å². The highest BCUT2D eigenvalue weighted by Crippen LogP contribution is 2.45. The Kier molecular flexibility index (Phi) is 5.74. The van der Waals surface area contributed by atoms with Crippen molar-refractivity contribution in [1.29, 1.82) is 5.26 Å². The van der Waals surface area contributed by atoms with Crippen molar-refractivity contribution in [3.63, 3.8) is 0 Å². The van der Waals surface area contributed by atoms with Crippen LogP contribution in [0.25, 0.3) is 22.6 Å². The first-order chi connectivity index (χ1) is 17.3. The van der Waals surface area contributed by atoms with Crippen molar-refractivity contribution >= 4 is 45.3 Å². The van der Waals surface area contributed by atoms with Gasteiger partial charge in [0, 0.05) is 23.8 Å². The van der Waals surface area contributed by atoms with E-state index in [-0.39, 0.29) is 0 Å². The number of hydrogen-bond acceptors (Lipinski definition) is 5. The Hall–Kier alpha value is -4.56. The Morgan fingerprint density at radius 3 is 2.56 bits per heavy atom. The summed E-state index contributed by atoms with van der Waals surface area (Å²) in [6.45, 7) is 8.65. The number of nitrogen functional groups attached to an aromatic ring is 1. The van der Waals surface area contributed by atoms with Gasteiger partial charge in [0.25, 0.3) is 0 Å². The van der Waals surface area contributed by atoms with Crippen LogP contribution in [0.4, 0.5) is 22.7 Å². The van der Waals surface area contributed by atoms with E-state index in [1.54, 1.807) is 0 Å². The predicted molar refractivity (Wildman–Crippen MR) is 151 cm³/mol. The first-order valence-corrected chi connectivity index (χ1v) is 11.9. The molecule has 1 aliphatic heterocycles. The monoisotopic (exact) mass is 471 g/mol. The molecule has 0 bridgehead atoms. The maximum absolute atomic E-state index is 9.52. The quantitative estimate of drug-likeness (QED) is 0.195. The summed E-state index contributed by atoms with van der Waals surface area (Å²) in [4.78, 5) is 9.25. The average Bonchev–Trinajstić information content (AvgIpc) is 3.25. The molecule has 4 aromatic rings. The Labute approximate surface area is 212 Å². The summed E-state index contributed by atoms with van der Waals surface area (Å²) in [5.74, 6) is 0. The zero-order valence-electron chi connectivity index (χ0n) is 20.9. The molecule has 2 N–H and O–H groups in total. The van der Waals surface area contributed by atoms with Gasteiger partial charge in [-0.3, -0.25) is 4.98 Å². The van der Waals surface area contributed by atoms with Crippen LogP contribution in [-0.4, -0.2) is 18.7 Å². The fourth-order valence-electron chi connectivity index (χ4n) is 4.67. The highest BCUT2D eigenvalue weighted by Gasteiger charge is 2.28. The summed E-state index contributed by atoms with van der Waals surface area (Å²) in [6.07, 6.45) is 5.88. The second-order valence-corrected chi connectivity index (χ2v) is 9.71. The van der Waals surface area contributed by atoms with Crippen LogP contribution >= 0.6 is 0 Å². The summed E-state index contributed by atoms with van der Waals surface area (Å²) >= 11 is 0. The highest BCUT2D eigenvalue weighted by atomic mass is 15.4. The van der Waals surface area contributed by atoms with Crippen molar-refractivity contribution in [1.82, 2.24) is 4.98 Å². The van der Waals surface area contributed by atoms with Gasteiger partial charge in [0.15, 0.2) is 0 Å². The summed E-state index contributed by atoms with van der Waals surface area (Å²) in [5.41, 5.74) is 14.6. The minimum Gasteiger partial charge on any atom is -0.398 e. The van der Waals surface area contributed by atoms with Crippen molar-refractivity contribution in [3.8, 4) is 6.07 Å². The Morgan fingerprint density at radius 2 is 1.86 bits per heavy atom. The van der Waals surface area contributed by atoms with Crippen LogP contribution in [0, 0.1) is 11.3 Å². The molecule has 2 heterocycles. The van der Waals surface area contributed by atoms with Gasteiger partial charge in [-0.15, -0.1) is 0 Å². The van der Waals surface area contributed by atoms with Crippen LogP contribution in [0.5, 0.6) is 0 Å². The predicted octanol–water partition coefficient (Wildman–Crippen LogP) is 6.89. The number of hydrogen-bond donors (Lipinski definition) is 1. The molecule has 0 atom stereocenters. The maximum atomic E-state index is 9.52. The first-order valence-electron chi connectivity index (χ1n) is 11.9. The minimum atomic E-state index is -0.528. The SMILES string of the molecule is C=CC(=Cc1ccccc1N)c1ccc2ncc3c(c2c1)N(c1ccc(C(C)(C)C#N)cc1)CN3C. The van der Waals surface area contributed by atoms with Crippen LogP contribution in [0.3, 0.4) is 0 Å². The van der Waals surface area contributed by atoms with E-state index in [4.69, 9.17) is 10.7 Å². The van der Waals surface area contributed by atoms with Gasteiger partial charge in [0.2, 0.25) is 0 Å². The molecular weight excluding hydrogens is 442 g/mol. The van der Waals surface area contributed by atoms with E-state index in [1.807, 2.05) is 62.5 Å². The second kappa shape index (κ2) is 8.90. The van der Waals surface area contributed by atoms with Crippen molar-refractivity contribution in [2.24, 2.45) is 0 Å². The number of nitriles is 1. The van der Waals surface area contributed by atoms with Gasteiger partial charge in [-0.25, -0.2) is 0 Å². The Morgan fingerprint density at radius 1 is 1.11 bits per heavy atom. The van der Waals surface area contributed by atoms with E-state index < -0.39 is 5.41 Å². The van der Waals surface area contributed by atoms with Crippen LogP contribution in [0.15, 0.2) is 85.6 Å². The molecule has 0 spiro atoms. The van der Waals surface area contributed by atoms with Crippen LogP contribution in [0.2, 0.25) is 0 Å². The number of nitrogens with two attached hydrogens (primary N) is 1. The molecule has 1 aliphatic rings. The largest absolute Gasteiger partial charge is 0.398 e. The molecule has 0 amide bonds. The summed E-state index contributed by atoms with van der Waals surface area (Å²) in [5, 5.41) is 10.6. The van der Waals surface area contributed by atoms with E-state index in [1.165, 1.54) is 0 Å². The number of aromatic nitrogens is 1. The topological polar surface area (TPSA) is 69.2 Å². The lowest BCUT2D eigenvalue weighted by Gasteiger charge is -2.22. The fourth-order valence-corrected chi connectivity index (χ4v) is 4.67. The molecule has 1 aromatic heterocycles. The van der Waals surface area contributed by atoms with E-state index in [0.717, 1.165) is 55.9 Å². The Bertz CT molecular complexity index is 1540. The van der Waals surface area contributed by atoms with Gasteiger partial charge >= 0.3 is 0 Å². The number of rotatable bonds is 5. The molecule has 0 fully saturated rings. The number of nitrogens with zero attached hydrogens (tertiary/aromatic N) is 4. The standard InChI is InChI=1S/C31H29N5/c1-5-21(16-23-8-6-7-9-27(23)33)22-10-15-28-26(17-22)30-29(18-34-28)35(4)20-36(30)25-13-11-24(12-14-25)31(2,3)19-32/h5-18H,1,20,33H2,2-4H3. The van der Waals surface area contributed by atoms with Crippen molar-refractivity contribution in [3.05, 3.63) is 102 Å². The third-order valence-corrected chi connectivity index (χ3v) is 6.90. The van der Waals surface area contributed by atoms with E-state index in [0.29, 0.717) is 6.67 Å². The van der Waals surface area contributed by atoms with Crippen LogP contribution in [0.1, 0.15) is 30.5 Å². The fraction of sp³-hybridized carbons (Fsp3) is 0.161. The first kappa shape index (κ1) is 23.2. The van der Waals surface area contributed by atoms with Crippen molar-refractivity contribution in [2.75, 3.05) is 29.2 Å². The van der Waals surface area contributed by atoms with Gasteiger partial charge in [-0.05, 0) is 72.5 Å². The second-order valence-electron chi connectivity index (χ2n) is 9.71. The molecule has 0 saturated carbocycles. The van der Waals surface area contributed by atoms with E-state index in [9.17, 15) is 5.26 Å². The maximum Gasteiger partial charge on any atom is 0.0950 e. The molecule has 0 aliphatic carbocycles.